The summed E-state index contributed by atoms with van der Waals surface area (Å²) in [6.45, 7) is 8.87. The fraction of sp³-hybridized carbons (Fsp3) is 0.433. The smallest absolute Gasteiger partial charge is 0.323 e. The molecule has 0 saturated carbocycles. The number of hydrogen-bond acceptors (Lipinski definition) is 9. The summed E-state index contributed by atoms with van der Waals surface area (Å²) in [5, 5.41) is 19.4. The number of aryl methyl sites for hydroxylation is 2. The number of aliphatic hydroxyl groups excluding tert-OH is 1. The molecule has 12 nitrogen and oxygen atoms in total. The summed E-state index contributed by atoms with van der Waals surface area (Å²) < 4.78 is 22.7. The summed E-state index contributed by atoms with van der Waals surface area (Å²) in [5.41, 5.74) is 2.73. The Balaban J connectivity index is 1.41. The van der Waals surface area contributed by atoms with Crippen LogP contribution in [0.1, 0.15) is 41.2 Å². The second-order valence-electron chi connectivity index (χ2n) is 11.0. The van der Waals surface area contributed by atoms with Crippen molar-refractivity contribution in [3.63, 3.8) is 0 Å². The maximum absolute atomic E-state index is 13.7. The van der Waals surface area contributed by atoms with Crippen LogP contribution < -0.4 is 24.8 Å². The molecule has 1 aromatic heterocycles. The number of benzene rings is 2. The quantitative estimate of drug-likeness (QED) is 0.361. The largest absolute Gasteiger partial charge is 0.486 e. The van der Waals surface area contributed by atoms with Crippen LogP contribution in [0.15, 0.2) is 40.9 Å². The zero-order valence-corrected chi connectivity index (χ0v) is 24.5. The molecular weight excluding hydrogens is 542 g/mol. The Bertz CT molecular complexity index is 1440. The van der Waals surface area contributed by atoms with Crippen LogP contribution in [0.5, 0.6) is 17.2 Å². The molecule has 2 aliphatic rings. The van der Waals surface area contributed by atoms with Gasteiger partial charge < -0.3 is 39.4 Å². The van der Waals surface area contributed by atoms with Gasteiger partial charge in [-0.25, -0.2) is 4.79 Å². The van der Waals surface area contributed by atoms with Crippen LogP contribution in [0.2, 0.25) is 0 Å². The first-order valence-electron chi connectivity index (χ1n) is 13.9. The van der Waals surface area contributed by atoms with Crippen LogP contribution in [-0.4, -0.2) is 77.7 Å². The standard InChI is InChI=1S/C30H37N5O7/c1-17-12-35(18(2)15-36)29(37)22-7-6-8-23(31-30(38)32-27-19(3)33-42-20(27)4)28(22)41-26(17)14-34(5)13-21-9-10-24-25(11-21)40-16-39-24/h6-11,17-18,26,36H,12-16H2,1-5H3,(H2,31,32,38)/t17-,18+,26+/m0/s1. The van der Waals surface area contributed by atoms with Crippen molar-refractivity contribution >= 4 is 23.3 Å². The molecule has 3 atom stereocenters. The Kier molecular flexibility index (Phi) is 8.55. The maximum Gasteiger partial charge on any atom is 0.323 e. The van der Waals surface area contributed by atoms with Crippen LogP contribution in [0.25, 0.3) is 0 Å². The number of aromatic nitrogens is 1. The number of carbonyl (C=O) groups is 2. The number of rotatable bonds is 8. The molecule has 0 fully saturated rings. The second-order valence-corrected chi connectivity index (χ2v) is 11.0. The number of urea groups is 1. The first-order chi connectivity index (χ1) is 20.1. The van der Waals surface area contributed by atoms with Crippen LogP contribution in [0, 0.1) is 19.8 Å². The van der Waals surface area contributed by atoms with E-state index in [1.54, 1.807) is 36.9 Å². The summed E-state index contributed by atoms with van der Waals surface area (Å²) in [6, 6.07) is 10.0. The molecular formula is C30H37N5O7. The maximum atomic E-state index is 13.7. The highest BCUT2D eigenvalue weighted by Crippen LogP contribution is 2.36. The number of para-hydroxylation sites is 1. The number of anilines is 2. The van der Waals surface area contributed by atoms with Gasteiger partial charge in [-0.05, 0) is 57.6 Å². The molecule has 0 unspecified atom stereocenters. The molecule has 0 aliphatic carbocycles. The predicted octanol–water partition coefficient (Wildman–Crippen LogP) is 4.02. The van der Waals surface area contributed by atoms with Crippen LogP contribution >= 0.6 is 0 Å². The summed E-state index contributed by atoms with van der Waals surface area (Å²) in [4.78, 5) is 30.6. The summed E-state index contributed by atoms with van der Waals surface area (Å²) in [7, 11) is 2.00. The van der Waals surface area contributed by atoms with Gasteiger partial charge in [0.2, 0.25) is 6.79 Å². The molecule has 3 aromatic rings. The van der Waals surface area contributed by atoms with Gasteiger partial charge in [0.25, 0.3) is 5.91 Å². The van der Waals surface area contributed by atoms with Gasteiger partial charge in [-0.15, -0.1) is 0 Å². The molecule has 3 heterocycles. The second kappa shape index (κ2) is 12.3. The van der Waals surface area contributed by atoms with E-state index in [1.165, 1.54) is 0 Å². The molecule has 42 heavy (non-hydrogen) atoms. The van der Waals surface area contributed by atoms with Crippen molar-refractivity contribution in [2.45, 2.75) is 46.4 Å². The van der Waals surface area contributed by atoms with Crippen LogP contribution in [0.4, 0.5) is 16.2 Å². The third kappa shape index (κ3) is 6.14. The SMILES string of the molecule is Cc1noc(C)c1NC(=O)Nc1cccc2c1O[C@H](CN(C)Cc1ccc3c(c1)OCO3)[C@@H](C)CN([C@H](C)CO)C2=O. The van der Waals surface area contributed by atoms with Crippen molar-refractivity contribution in [3.8, 4) is 17.2 Å². The van der Waals surface area contributed by atoms with E-state index in [0.29, 0.717) is 48.0 Å². The minimum absolute atomic E-state index is 0.0977. The van der Waals surface area contributed by atoms with Gasteiger partial charge in [0.15, 0.2) is 23.0 Å². The first kappa shape index (κ1) is 29.2. The molecule has 0 radical (unpaired) electrons. The van der Waals surface area contributed by atoms with Gasteiger partial charge in [-0.1, -0.05) is 24.2 Å². The Morgan fingerprint density at radius 2 is 1.98 bits per heavy atom. The summed E-state index contributed by atoms with van der Waals surface area (Å²) >= 11 is 0. The van der Waals surface area contributed by atoms with Crippen molar-refractivity contribution in [1.29, 1.82) is 0 Å². The fourth-order valence-corrected chi connectivity index (χ4v) is 5.21. The highest BCUT2D eigenvalue weighted by molar-refractivity contribution is 6.04. The first-order valence-corrected chi connectivity index (χ1v) is 13.9. The highest BCUT2D eigenvalue weighted by Gasteiger charge is 2.34. The Labute approximate surface area is 244 Å². The third-order valence-electron chi connectivity index (χ3n) is 7.59. The van der Waals surface area contributed by atoms with E-state index in [9.17, 15) is 14.7 Å². The lowest BCUT2D eigenvalue weighted by Crippen LogP contribution is -2.49. The van der Waals surface area contributed by atoms with E-state index in [-0.39, 0.29) is 37.1 Å². The van der Waals surface area contributed by atoms with E-state index in [0.717, 1.165) is 17.1 Å². The van der Waals surface area contributed by atoms with Gasteiger partial charge in [-0.2, -0.15) is 0 Å². The number of nitrogens with one attached hydrogen (secondary N) is 2. The zero-order chi connectivity index (χ0) is 30.0. The van der Waals surface area contributed by atoms with Crippen LogP contribution in [0.3, 0.4) is 0 Å². The Morgan fingerprint density at radius 1 is 1.19 bits per heavy atom. The molecule has 224 valence electrons. The van der Waals surface area contributed by atoms with Crippen molar-refractivity contribution in [3.05, 3.63) is 59.0 Å². The van der Waals surface area contributed by atoms with E-state index in [1.807, 2.05) is 39.1 Å². The number of aliphatic hydroxyl groups is 1. The normalized spacial score (nSPS) is 18.6. The van der Waals surface area contributed by atoms with E-state index >= 15 is 0 Å². The van der Waals surface area contributed by atoms with Crippen molar-refractivity contribution in [1.82, 2.24) is 15.0 Å². The van der Waals surface area contributed by atoms with E-state index in [4.69, 9.17) is 18.7 Å². The lowest BCUT2D eigenvalue weighted by Gasteiger charge is -2.38. The van der Waals surface area contributed by atoms with Crippen molar-refractivity contribution in [2.75, 3.05) is 44.2 Å². The number of nitrogens with zero attached hydrogens (tertiary/aromatic N) is 3. The minimum Gasteiger partial charge on any atom is -0.486 e. The topological polar surface area (TPSA) is 139 Å². The molecule has 2 aromatic carbocycles. The molecule has 0 spiro atoms. The monoisotopic (exact) mass is 579 g/mol. The number of carbonyl (C=O) groups excluding carboxylic acids is 2. The molecule has 0 saturated heterocycles. The summed E-state index contributed by atoms with van der Waals surface area (Å²) in [5.74, 6) is 1.84. The van der Waals surface area contributed by atoms with Crippen molar-refractivity contribution in [2.24, 2.45) is 5.92 Å². The lowest BCUT2D eigenvalue weighted by atomic mass is 9.99. The number of likely N-dealkylation sites (N-methyl/N-ethyl adjacent to an activating group) is 1. The highest BCUT2D eigenvalue weighted by atomic mass is 16.7. The van der Waals surface area contributed by atoms with Gasteiger partial charge in [-0.3, -0.25) is 9.69 Å². The van der Waals surface area contributed by atoms with Gasteiger partial charge in [0, 0.05) is 25.6 Å². The fourth-order valence-electron chi connectivity index (χ4n) is 5.21. The summed E-state index contributed by atoms with van der Waals surface area (Å²) in [6.07, 6.45) is -0.349. The molecule has 0 bridgehead atoms. The Morgan fingerprint density at radius 3 is 2.71 bits per heavy atom. The minimum atomic E-state index is -0.527. The number of hydrogen-bond donors (Lipinski definition) is 3. The number of fused-ring (bicyclic) bond motifs is 2. The van der Waals surface area contributed by atoms with Crippen molar-refractivity contribution < 1.29 is 33.4 Å². The lowest BCUT2D eigenvalue weighted by molar-refractivity contribution is 0.0343. The predicted molar refractivity (Wildman–Crippen MR) is 155 cm³/mol. The zero-order valence-electron chi connectivity index (χ0n) is 24.5. The third-order valence-corrected chi connectivity index (χ3v) is 7.59. The average molecular weight is 580 g/mol. The molecule has 3 N–H and O–H groups in total. The van der Waals surface area contributed by atoms with E-state index in [2.05, 4.69) is 20.7 Å². The molecule has 5 rings (SSSR count). The average Bonchev–Trinajstić information content (AvgIpc) is 3.56. The molecule has 12 heteroatoms. The molecule has 3 amide bonds. The van der Waals surface area contributed by atoms with Crippen LogP contribution in [-0.2, 0) is 6.54 Å². The van der Waals surface area contributed by atoms with Gasteiger partial charge >= 0.3 is 6.03 Å². The Hall–Kier alpha value is -4.29. The van der Waals surface area contributed by atoms with E-state index < -0.39 is 12.1 Å². The number of amides is 3. The molecule has 2 aliphatic heterocycles. The number of ether oxygens (including phenoxy) is 3. The van der Waals surface area contributed by atoms with Gasteiger partial charge in [0.1, 0.15) is 17.5 Å². The van der Waals surface area contributed by atoms with Gasteiger partial charge in [0.05, 0.1) is 23.9 Å².